The molecular formula is C19H17FN2O4. The first-order valence-electron chi connectivity index (χ1n) is 7.93. The Morgan fingerprint density at radius 2 is 1.88 bits per heavy atom. The Morgan fingerprint density at radius 1 is 1.15 bits per heavy atom. The molecular weight excluding hydrogens is 339 g/mol. The highest BCUT2D eigenvalue weighted by atomic mass is 19.1. The molecule has 134 valence electrons. The predicted molar refractivity (Wildman–Crippen MR) is 91.3 cm³/mol. The number of carbonyl (C=O) groups is 1. The fourth-order valence-corrected chi connectivity index (χ4v) is 2.27. The van der Waals surface area contributed by atoms with Gasteiger partial charge in [0.15, 0.2) is 6.10 Å². The van der Waals surface area contributed by atoms with E-state index in [1.807, 2.05) is 31.2 Å². The molecule has 1 heterocycles. The van der Waals surface area contributed by atoms with E-state index in [0.29, 0.717) is 11.6 Å². The summed E-state index contributed by atoms with van der Waals surface area (Å²) in [5, 5.41) is 7.86. The summed E-state index contributed by atoms with van der Waals surface area (Å²) in [6, 6.07) is 11.5. The summed E-state index contributed by atoms with van der Waals surface area (Å²) in [7, 11) is 1.41. The second-order valence-corrected chi connectivity index (χ2v) is 5.70. The van der Waals surface area contributed by atoms with Crippen LogP contribution < -0.4 is 4.74 Å². The van der Waals surface area contributed by atoms with Crippen molar-refractivity contribution in [2.45, 2.75) is 20.0 Å². The molecule has 3 rings (SSSR count). The second kappa shape index (κ2) is 7.35. The second-order valence-electron chi connectivity index (χ2n) is 5.70. The Hall–Kier alpha value is -3.22. The number of methoxy groups -OCH3 is 1. The summed E-state index contributed by atoms with van der Waals surface area (Å²) in [5.41, 5.74) is 1.67. The van der Waals surface area contributed by atoms with Crippen LogP contribution in [0.5, 0.6) is 5.75 Å². The number of halogens is 1. The molecule has 0 bridgehead atoms. The van der Waals surface area contributed by atoms with Gasteiger partial charge in [-0.15, -0.1) is 10.2 Å². The lowest BCUT2D eigenvalue weighted by atomic mass is 10.1. The van der Waals surface area contributed by atoms with Crippen LogP contribution in [0.4, 0.5) is 4.39 Å². The van der Waals surface area contributed by atoms with E-state index < -0.39 is 17.9 Å². The van der Waals surface area contributed by atoms with Crippen LogP contribution in [0.15, 0.2) is 46.9 Å². The molecule has 1 unspecified atom stereocenters. The first kappa shape index (κ1) is 17.6. The van der Waals surface area contributed by atoms with Crippen molar-refractivity contribution in [2.24, 2.45) is 0 Å². The number of carbonyl (C=O) groups excluding carboxylic acids is 1. The normalized spacial score (nSPS) is 11.8. The van der Waals surface area contributed by atoms with Crippen molar-refractivity contribution in [3.63, 3.8) is 0 Å². The fourth-order valence-electron chi connectivity index (χ4n) is 2.27. The van der Waals surface area contributed by atoms with Crippen LogP contribution in [0.1, 0.15) is 34.8 Å². The number of esters is 1. The first-order chi connectivity index (χ1) is 12.5. The Kier molecular flexibility index (Phi) is 4.97. The minimum absolute atomic E-state index is 0.128. The zero-order valence-electron chi connectivity index (χ0n) is 14.5. The molecule has 0 aliphatic heterocycles. The van der Waals surface area contributed by atoms with Crippen LogP contribution >= 0.6 is 0 Å². The third-order valence-corrected chi connectivity index (χ3v) is 3.77. The SMILES string of the molecule is COc1ccc(C(=O)OC(C)c2nnc(-c3ccc(C)cc3)o2)c(F)c1. The number of ether oxygens (including phenoxy) is 2. The van der Waals surface area contributed by atoms with Crippen molar-refractivity contribution in [3.05, 3.63) is 65.3 Å². The van der Waals surface area contributed by atoms with E-state index in [9.17, 15) is 9.18 Å². The average molecular weight is 356 g/mol. The number of hydrogen-bond donors (Lipinski definition) is 0. The summed E-state index contributed by atoms with van der Waals surface area (Å²) in [5.74, 6) is -0.798. The molecule has 1 atom stereocenters. The van der Waals surface area contributed by atoms with E-state index in [2.05, 4.69) is 10.2 Å². The molecule has 0 N–H and O–H groups in total. The van der Waals surface area contributed by atoms with Gasteiger partial charge < -0.3 is 13.9 Å². The number of benzene rings is 2. The number of rotatable bonds is 5. The highest BCUT2D eigenvalue weighted by Crippen LogP contribution is 2.24. The summed E-state index contributed by atoms with van der Waals surface area (Å²) < 4.78 is 29.7. The lowest BCUT2D eigenvalue weighted by Gasteiger charge is -2.10. The smallest absolute Gasteiger partial charge is 0.341 e. The van der Waals surface area contributed by atoms with Gasteiger partial charge in [0.1, 0.15) is 11.6 Å². The van der Waals surface area contributed by atoms with E-state index in [0.717, 1.165) is 17.2 Å². The molecule has 0 saturated carbocycles. The maximum Gasteiger partial charge on any atom is 0.341 e. The van der Waals surface area contributed by atoms with Crippen LogP contribution in [0.25, 0.3) is 11.5 Å². The molecule has 7 heteroatoms. The first-order valence-corrected chi connectivity index (χ1v) is 7.93. The Morgan fingerprint density at radius 3 is 2.54 bits per heavy atom. The largest absolute Gasteiger partial charge is 0.497 e. The molecule has 0 aliphatic carbocycles. The highest BCUT2D eigenvalue weighted by Gasteiger charge is 2.22. The molecule has 0 radical (unpaired) electrons. The van der Waals surface area contributed by atoms with Crippen molar-refractivity contribution in [2.75, 3.05) is 7.11 Å². The molecule has 2 aromatic carbocycles. The topological polar surface area (TPSA) is 74.5 Å². The zero-order chi connectivity index (χ0) is 18.7. The van der Waals surface area contributed by atoms with Crippen LogP contribution in [0, 0.1) is 12.7 Å². The molecule has 0 fully saturated rings. The Balaban J connectivity index is 1.73. The van der Waals surface area contributed by atoms with Gasteiger partial charge in [0, 0.05) is 11.6 Å². The Labute approximate surface area is 149 Å². The molecule has 0 aliphatic rings. The van der Waals surface area contributed by atoms with Crippen LogP contribution in [-0.2, 0) is 4.74 Å². The summed E-state index contributed by atoms with van der Waals surface area (Å²) in [6.07, 6.45) is -0.823. The van der Waals surface area contributed by atoms with Gasteiger partial charge in [0.05, 0.1) is 12.7 Å². The molecule has 0 amide bonds. The van der Waals surface area contributed by atoms with E-state index in [4.69, 9.17) is 13.9 Å². The zero-order valence-corrected chi connectivity index (χ0v) is 14.5. The lowest BCUT2D eigenvalue weighted by Crippen LogP contribution is -2.11. The molecule has 0 spiro atoms. The van der Waals surface area contributed by atoms with Gasteiger partial charge in [-0.2, -0.15) is 0 Å². The Bertz CT molecular complexity index is 922. The van der Waals surface area contributed by atoms with Gasteiger partial charge in [-0.25, -0.2) is 9.18 Å². The number of hydrogen-bond acceptors (Lipinski definition) is 6. The van der Waals surface area contributed by atoms with Gasteiger partial charge in [-0.3, -0.25) is 0 Å². The minimum Gasteiger partial charge on any atom is -0.497 e. The van der Waals surface area contributed by atoms with Crippen molar-refractivity contribution in [3.8, 4) is 17.2 Å². The molecule has 0 saturated heterocycles. The summed E-state index contributed by atoms with van der Waals surface area (Å²) >= 11 is 0. The average Bonchev–Trinajstić information content (AvgIpc) is 3.12. The molecule has 26 heavy (non-hydrogen) atoms. The molecule has 3 aromatic rings. The summed E-state index contributed by atoms with van der Waals surface area (Å²) in [6.45, 7) is 3.55. The van der Waals surface area contributed by atoms with Gasteiger partial charge in [0.25, 0.3) is 5.89 Å². The van der Waals surface area contributed by atoms with Crippen molar-refractivity contribution < 1.29 is 23.1 Å². The quantitative estimate of drug-likeness (QED) is 0.641. The number of nitrogens with zero attached hydrogens (tertiary/aromatic N) is 2. The van der Waals surface area contributed by atoms with E-state index in [1.165, 1.54) is 19.2 Å². The maximum atomic E-state index is 14.0. The molecule has 6 nitrogen and oxygen atoms in total. The van der Waals surface area contributed by atoms with E-state index in [1.54, 1.807) is 6.92 Å². The van der Waals surface area contributed by atoms with Gasteiger partial charge >= 0.3 is 5.97 Å². The monoisotopic (exact) mass is 356 g/mol. The van der Waals surface area contributed by atoms with Gasteiger partial charge in [-0.1, -0.05) is 17.7 Å². The predicted octanol–water partition coefficient (Wildman–Crippen LogP) is 4.11. The van der Waals surface area contributed by atoms with Crippen molar-refractivity contribution >= 4 is 5.97 Å². The third-order valence-electron chi connectivity index (χ3n) is 3.77. The van der Waals surface area contributed by atoms with Crippen molar-refractivity contribution in [1.29, 1.82) is 0 Å². The number of aryl methyl sites for hydroxylation is 1. The maximum absolute atomic E-state index is 14.0. The van der Waals surface area contributed by atoms with Crippen LogP contribution in [0.2, 0.25) is 0 Å². The van der Waals surface area contributed by atoms with Gasteiger partial charge in [0.2, 0.25) is 5.89 Å². The van der Waals surface area contributed by atoms with E-state index in [-0.39, 0.29) is 11.5 Å². The van der Waals surface area contributed by atoms with Crippen LogP contribution in [0.3, 0.4) is 0 Å². The minimum atomic E-state index is -0.826. The van der Waals surface area contributed by atoms with Crippen molar-refractivity contribution in [1.82, 2.24) is 10.2 Å². The number of aromatic nitrogens is 2. The molecule has 1 aromatic heterocycles. The standard InChI is InChI=1S/C19H17FN2O4/c1-11-4-6-13(7-5-11)18-22-21-17(26-18)12(2)25-19(23)15-9-8-14(24-3)10-16(15)20/h4-10,12H,1-3H3. The summed E-state index contributed by atoms with van der Waals surface area (Å²) in [4.78, 5) is 12.2. The fraction of sp³-hybridized carbons (Fsp3) is 0.211. The van der Waals surface area contributed by atoms with E-state index >= 15 is 0 Å². The van der Waals surface area contributed by atoms with Gasteiger partial charge in [-0.05, 0) is 38.1 Å². The third kappa shape index (κ3) is 3.72. The highest BCUT2D eigenvalue weighted by molar-refractivity contribution is 5.90. The van der Waals surface area contributed by atoms with Crippen LogP contribution in [-0.4, -0.2) is 23.3 Å². The lowest BCUT2D eigenvalue weighted by molar-refractivity contribution is 0.0274.